The predicted octanol–water partition coefficient (Wildman–Crippen LogP) is 3.51. The molecule has 1 aromatic heterocycles. The number of anilines is 2. The number of amides is 1. The number of carbonyl (C=O) groups excluding carboxylic acids is 1. The van der Waals surface area contributed by atoms with E-state index in [0.717, 1.165) is 13.0 Å². The smallest absolute Gasteiger partial charge is 0.286 e. The lowest BCUT2D eigenvalue weighted by atomic mass is 10.3. The number of carbonyl (C=O) groups is 1. The lowest BCUT2D eigenvalue weighted by Crippen LogP contribution is -2.11. The molecule has 106 valence electrons. The normalized spacial score (nSPS) is 10.3. The summed E-state index contributed by atoms with van der Waals surface area (Å²) in [5.74, 6) is -0.754. The van der Waals surface area contributed by atoms with Crippen LogP contribution in [0, 0.1) is 5.82 Å². The average molecular weight is 359 g/mol. The summed E-state index contributed by atoms with van der Waals surface area (Å²) in [6.07, 6.45) is 0.963. The summed E-state index contributed by atoms with van der Waals surface area (Å²) in [7, 11) is 0. The molecular weight excluding hydrogens is 347 g/mol. The molecule has 2 aromatic rings. The monoisotopic (exact) mass is 358 g/mol. The molecule has 0 aliphatic carbocycles. The van der Waals surface area contributed by atoms with Crippen molar-refractivity contribution in [3.63, 3.8) is 0 Å². The molecule has 5 nitrogen and oxygen atoms in total. The Bertz CT molecular complexity index is 619. The van der Waals surface area contributed by atoms with E-state index in [0.29, 0.717) is 10.8 Å². The van der Waals surface area contributed by atoms with Crippen LogP contribution in [0.1, 0.15) is 23.1 Å². The molecule has 2 N–H and O–H groups in total. The second-order valence-corrected chi connectivity index (χ2v) is 5.75. The van der Waals surface area contributed by atoms with Crippen LogP contribution in [0.3, 0.4) is 0 Å². The van der Waals surface area contributed by atoms with Gasteiger partial charge in [-0.25, -0.2) is 4.39 Å². The van der Waals surface area contributed by atoms with E-state index < -0.39 is 0 Å². The molecule has 1 aromatic carbocycles. The topological polar surface area (TPSA) is 66.9 Å². The second kappa shape index (κ2) is 6.76. The number of benzene rings is 1. The summed E-state index contributed by atoms with van der Waals surface area (Å²) in [6, 6.07) is 4.24. The van der Waals surface area contributed by atoms with Gasteiger partial charge in [-0.2, -0.15) is 0 Å². The molecule has 0 aliphatic heterocycles. The summed E-state index contributed by atoms with van der Waals surface area (Å²) in [6.45, 7) is 2.81. The number of hydrogen-bond acceptors (Lipinski definition) is 5. The lowest BCUT2D eigenvalue weighted by molar-refractivity contribution is 0.102. The van der Waals surface area contributed by atoms with Crippen molar-refractivity contribution in [1.29, 1.82) is 0 Å². The van der Waals surface area contributed by atoms with E-state index in [-0.39, 0.29) is 21.2 Å². The van der Waals surface area contributed by atoms with E-state index in [9.17, 15) is 9.18 Å². The van der Waals surface area contributed by atoms with Crippen LogP contribution in [0.2, 0.25) is 0 Å². The molecule has 0 fully saturated rings. The van der Waals surface area contributed by atoms with E-state index in [4.69, 9.17) is 0 Å². The maximum atomic E-state index is 13.1. The third kappa shape index (κ3) is 3.73. The zero-order valence-electron chi connectivity index (χ0n) is 10.6. The van der Waals surface area contributed by atoms with Crippen LogP contribution in [0.5, 0.6) is 0 Å². The number of hydrogen-bond donors (Lipinski definition) is 2. The van der Waals surface area contributed by atoms with Crippen LogP contribution in [0.25, 0.3) is 0 Å². The fourth-order valence-corrected chi connectivity index (χ4v) is 2.42. The minimum Gasteiger partial charge on any atom is -0.360 e. The number of nitrogens with zero attached hydrogens (tertiary/aromatic N) is 2. The minimum atomic E-state index is -0.384. The van der Waals surface area contributed by atoms with Gasteiger partial charge in [0.1, 0.15) is 5.82 Å². The van der Waals surface area contributed by atoms with Gasteiger partial charge in [-0.05, 0) is 40.5 Å². The molecule has 8 heteroatoms. The third-order valence-electron chi connectivity index (χ3n) is 2.32. The zero-order chi connectivity index (χ0) is 14.5. The maximum absolute atomic E-state index is 13.1. The minimum absolute atomic E-state index is 0.254. The summed E-state index contributed by atoms with van der Waals surface area (Å²) in [4.78, 5) is 12.0. The first-order valence-corrected chi connectivity index (χ1v) is 7.55. The van der Waals surface area contributed by atoms with Crippen molar-refractivity contribution >= 4 is 44.0 Å². The fourth-order valence-electron chi connectivity index (χ4n) is 1.38. The highest BCUT2D eigenvalue weighted by molar-refractivity contribution is 9.10. The summed E-state index contributed by atoms with van der Waals surface area (Å²) in [5.41, 5.74) is 0.488. The molecule has 0 spiro atoms. The summed E-state index contributed by atoms with van der Waals surface area (Å²) >= 11 is 4.24. The Kier molecular flexibility index (Phi) is 5.02. The largest absolute Gasteiger partial charge is 0.360 e. The first kappa shape index (κ1) is 14.9. The molecule has 0 aliphatic rings. The first-order chi connectivity index (χ1) is 9.60. The van der Waals surface area contributed by atoms with Gasteiger partial charge < -0.3 is 10.6 Å². The zero-order valence-corrected chi connectivity index (χ0v) is 13.0. The highest BCUT2D eigenvalue weighted by Crippen LogP contribution is 2.21. The molecule has 0 unspecified atom stereocenters. The van der Waals surface area contributed by atoms with Crippen molar-refractivity contribution in [1.82, 2.24) is 10.2 Å². The van der Waals surface area contributed by atoms with Gasteiger partial charge in [-0.1, -0.05) is 18.3 Å². The van der Waals surface area contributed by atoms with Crippen LogP contribution in [-0.4, -0.2) is 22.6 Å². The Morgan fingerprint density at radius 1 is 1.45 bits per heavy atom. The van der Waals surface area contributed by atoms with Gasteiger partial charge in [0, 0.05) is 12.2 Å². The predicted molar refractivity (Wildman–Crippen MR) is 80.7 cm³/mol. The number of rotatable bonds is 5. The summed E-state index contributed by atoms with van der Waals surface area (Å²) in [5, 5.41) is 14.2. The van der Waals surface area contributed by atoms with Crippen molar-refractivity contribution < 1.29 is 9.18 Å². The Balaban J connectivity index is 2.03. The number of nitrogens with one attached hydrogen (secondary N) is 2. The third-order valence-corrected chi connectivity index (χ3v) is 3.81. The lowest BCUT2D eigenvalue weighted by Gasteiger charge is -2.03. The molecule has 1 heterocycles. The van der Waals surface area contributed by atoms with Crippen molar-refractivity contribution in [2.75, 3.05) is 17.2 Å². The van der Waals surface area contributed by atoms with Crippen molar-refractivity contribution in [2.24, 2.45) is 0 Å². The highest BCUT2D eigenvalue weighted by Gasteiger charge is 2.13. The molecule has 0 saturated heterocycles. The molecule has 0 bridgehead atoms. The van der Waals surface area contributed by atoms with E-state index in [1.165, 1.54) is 29.5 Å². The molecule has 0 saturated carbocycles. The van der Waals surface area contributed by atoms with E-state index >= 15 is 0 Å². The van der Waals surface area contributed by atoms with Gasteiger partial charge >= 0.3 is 0 Å². The van der Waals surface area contributed by atoms with Crippen molar-refractivity contribution in [3.8, 4) is 0 Å². The van der Waals surface area contributed by atoms with Gasteiger partial charge in [-0.3, -0.25) is 4.79 Å². The highest BCUT2D eigenvalue weighted by atomic mass is 79.9. The quantitative estimate of drug-likeness (QED) is 0.857. The number of halogens is 2. The summed E-state index contributed by atoms with van der Waals surface area (Å²) < 4.78 is 13.4. The van der Waals surface area contributed by atoms with Gasteiger partial charge in [0.2, 0.25) is 10.1 Å². The standard InChI is InChI=1S/C12H12BrFN4OS/c1-2-5-15-12-18-17-11(20-12)10(19)16-7-3-4-9(14)8(13)6-7/h3-4,6H,2,5H2,1H3,(H,15,18)(H,16,19). The molecule has 1 amide bonds. The fraction of sp³-hybridized carbons (Fsp3) is 0.250. The van der Waals surface area contributed by atoms with E-state index in [1.54, 1.807) is 0 Å². The van der Waals surface area contributed by atoms with Crippen LogP contribution in [0.15, 0.2) is 22.7 Å². The Morgan fingerprint density at radius 2 is 2.25 bits per heavy atom. The van der Waals surface area contributed by atoms with Crippen LogP contribution in [-0.2, 0) is 0 Å². The Morgan fingerprint density at radius 3 is 2.95 bits per heavy atom. The second-order valence-electron chi connectivity index (χ2n) is 3.92. The van der Waals surface area contributed by atoms with Gasteiger partial charge in [0.05, 0.1) is 4.47 Å². The van der Waals surface area contributed by atoms with E-state index in [1.807, 2.05) is 6.92 Å². The van der Waals surface area contributed by atoms with Crippen molar-refractivity contribution in [3.05, 3.63) is 33.5 Å². The van der Waals surface area contributed by atoms with E-state index in [2.05, 4.69) is 36.8 Å². The molecule has 20 heavy (non-hydrogen) atoms. The van der Waals surface area contributed by atoms with Gasteiger partial charge in [-0.15, -0.1) is 10.2 Å². The van der Waals surface area contributed by atoms with Crippen LogP contribution < -0.4 is 10.6 Å². The molecule has 0 atom stereocenters. The van der Waals surface area contributed by atoms with Crippen LogP contribution >= 0.6 is 27.3 Å². The number of aromatic nitrogens is 2. The van der Waals surface area contributed by atoms with Crippen LogP contribution in [0.4, 0.5) is 15.2 Å². The Labute approximate surface area is 127 Å². The molecule has 0 radical (unpaired) electrons. The van der Waals surface area contributed by atoms with Gasteiger partial charge in [0.15, 0.2) is 0 Å². The maximum Gasteiger partial charge on any atom is 0.286 e. The SMILES string of the molecule is CCCNc1nnc(C(=O)Nc2ccc(F)c(Br)c2)s1. The molecular formula is C12H12BrFN4OS. The average Bonchev–Trinajstić information content (AvgIpc) is 2.89. The van der Waals surface area contributed by atoms with Crippen molar-refractivity contribution in [2.45, 2.75) is 13.3 Å². The van der Waals surface area contributed by atoms with Gasteiger partial charge in [0.25, 0.3) is 5.91 Å². The first-order valence-electron chi connectivity index (χ1n) is 5.94. The Hall–Kier alpha value is -1.54. The molecule has 2 rings (SSSR count).